The number of hydrogen-bond donors (Lipinski definition) is 0. The molecule has 0 fully saturated rings. The number of nitrogens with zero attached hydrogens (tertiary/aromatic N) is 2. The molecule has 0 spiro atoms. The van der Waals surface area contributed by atoms with Gasteiger partial charge in [-0.15, -0.1) is 0 Å². The predicted molar refractivity (Wildman–Crippen MR) is 41.8 cm³/mol. The third-order valence-electron chi connectivity index (χ3n) is 0.985. The van der Waals surface area contributed by atoms with Crippen LogP contribution in [0, 0.1) is 0 Å². The Balaban J connectivity index is 2.95. The minimum absolute atomic E-state index is 0.288. The van der Waals surface area contributed by atoms with Gasteiger partial charge in [0.25, 0.3) is 0 Å². The Kier molecular flexibility index (Phi) is 2.40. The highest BCUT2D eigenvalue weighted by Crippen LogP contribution is 2.01. The van der Waals surface area contributed by atoms with E-state index in [4.69, 9.17) is 11.6 Å². The molecule has 10 heavy (non-hydrogen) atoms. The van der Waals surface area contributed by atoms with E-state index in [2.05, 4.69) is 9.97 Å². The molecule has 0 bridgehead atoms. The Hall–Kier alpha value is -0.890. The van der Waals surface area contributed by atoms with Crippen molar-refractivity contribution in [2.45, 2.75) is 6.92 Å². The summed E-state index contributed by atoms with van der Waals surface area (Å²) in [5, 5.41) is 0.288. The maximum atomic E-state index is 5.52. The number of rotatable bonds is 1. The van der Waals surface area contributed by atoms with Crippen LogP contribution in [0.3, 0.4) is 0 Å². The van der Waals surface area contributed by atoms with E-state index in [0.717, 1.165) is 5.69 Å². The molecule has 2 nitrogen and oxygen atoms in total. The number of hydrogen-bond acceptors (Lipinski definition) is 2. The zero-order valence-corrected chi connectivity index (χ0v) is 6.34. The molecule has 0 aliphatic rings. The molecule has 0 unspecified atom stereocenters. The van der Waals surface area contributed by atoms with Crippen molar-refractivity contribution < 1.29 is 0 Å². The average molecular weight is 155 g/mol. The van der Waals surface area contributed by atoms with Crippen molar-refractivity contribution in [3.8, 4) is 0 Å². The normalized spacial score (nSPS) is 10.6. The van der Waals surface area contributed by atoms with Crippen LogP contribution >= 0.6 is 11.6 Å². The lowest BCUT2D eigenvalue weighted by atomic mass is 10.4. The molecule has 0 saturated carbocycles. The first-order valence-corrected chi connectivity index (χ1v) is 3.32. The molecule has 1 rings (SSSR count). The highest BCUT2D eigenvalue weighted by molar-refractivity contribution is 6.28. The molecule has 0 aliphatic carbocycles. The van der Waals surface area contributed by atoms with E-state index in [-0.39, 0.29) is 5.28 Å². The lowest BCUT2D eigenvalue weighted by molar-refractivity contribution is 1.15. The van der Waals surface area contributed by atoms with Crippen molar-refractivity contribution in [3.05, 3.63) is 29.3 Å². The molecule has 1 aromatic heterocycles. The van der Waals surface area contributed by atoms with Crippen LogP contribution in [0.15, 0.2) is 18.3 Å². The van der Waals surface area contributed by atoms with Gasteiger partial charge in [0.05, 0.1) is 5.69 Å². The first-order chi connectivity index (χ1) is 4.83. The standard InChI is InChI=1S/C7H7ClN2/c1-2-3-6-4-5-9-7(8)10-6/h2-5H,1H3. The van der Waals surface area contributed by atoms with Crippen molar-refractivity contribution in [3.63, 3.8) is 0 Å². The van der Waals surface area contributed by atoms with Gasteiger partial charge in [0.15, 0.2) is 0 Å². The fraction of sp³-hybridized carbons (Fsp3) is 0.143. The third-order valence-corrected chi connectivity index (χ3v) is 1.17. The van der Waals surface area contributed by atoms with E-state index in [1.54, 1.807) is 12.3 Å². The van der Waals surface area contributed by atoms with Gasteiger partial charge in [-0.1, -0.05) is 6.08 Å². The zero-order valence-electron chi connectivity index (χ0n) is 5.58. The second kappa shape index (κ2) is 3.32. The van der Waals surface area contributed by atoms with E-state index in [1.807, 2.05) is 19.1 Å². The molecule has 0 atom stereocenters. The van der Waals surface area contributed by atoms with Crippen molar-refractivity contribution in [2.75, 3.05) is 0 Å². The number of aromatic nitrogens is 2. The van der Waals surface area contributed by atoms with Gasteiger partial charge < -0.3 is 0 Å². The Labute approximate surface area is 64.6 Å². The molecule has 1 aromatic rings. The van der Waals surface area contributed by atoms with Crippen LogP contribution in [0.25, 0.3) is 6.08 Å². The molecule has 0 radical (unpaired) electrons. The Morgan fingerprint density at radius 1 is 1.60 bits per heavy atom. The van der Waals surface area contributed by atoms with Gasteiger partial charge >= 0.3 is 0 Å². The first-order valence-electron chi connectivity index (χ1n) is 2.94. The molecule has 0 N–H and O–H groups in total. The monoisotopic (exact) mass is 154 g/mol. The Morgan fingerprint density at radius 2 is 2.40 bits per heavy atom. The lowest BCUT2D eigenvalue weighted by Crippen LogP contribution is -1.82. The van der Waals surface area contributed by atoms with Crippen LogP contribution in [0.1, 0.15) is 12.6 Å². The van der Waals surface area contributed by atoms with Gasteiger partial charge in [-0.3, -0.25) is 0 Å². The van der Waals surface area contributed by atoms with Crippen LogP contribution in [0.4, 0.5) is 0 Å². The molecule has 1 heterocycles. The molecule has 3 heteroatoms. The van der Waals surface area contributed by atoms with Gasteiger partial charge in [-0.25, -0.2) is 9.97 Å². The molecular formula is C7H7ClN2. The van der Waals surface area contributed by atoms with Crippen LogP contribution < -0.4 is 0 Å². The minimum atomic E-state index is 0.288. The first kappa shape index (κ1) is 7.22. The average Bonchev–Trinajstić information content (AvgIpc) is 1.88. The summed E-state index contributed by atoms with van der Waals surface area (Å²) < 4.78 is 0. The molecule has 0 saturated heterocycles. The van der Waals surface area contributed by atoms with E-state index in [1.165, 1.54) is 0 Å². The van der Waals surface area contributed by atoms with E-state index in [9.17, 15) is 0 Å². The van der Waals surface area contributed by atoms with Crippen LogP contribution in [-0.2, 0) is 0 Å². The molecular weight excluding hydrogens is 148 g/mol. The summed E-state index contributed by atoms with van der Waals surface area (Å²) in [4.78, 5) is 7.67. The highest BCUT2D eigenvalue weighted by atomic mass is 35.5. The number of allylic oxidation sites excluding steroid dienone is 1. The molecule has 0 amide bonds. The SMILES string of the molecule is CC=Cc1ccnc(Cl)n1. The molecule has 0 aliphatic heterocycles. The Bertz CT molecular complexity index is 245. The van der Waals surface area contributed by atoms with E-state index in [0.29, 0.717) is 0 Å². The maximum absolute atomic E-state index is 5.52. The maximum Gasteiger partial charge on any atom is 0.222 e. The predicted octanol–water partition coefficient (Wildman–Crippen LogP) is 2.16. The zero-order chi connectivity index (χ0) is 7.40. The van der Waals surface area contributed by atoms with E-state index < -0.39 is 0 Å². The summed E-state index contributed by atoms with van der Waals surface area (Å²) in [6, 6.07) is 1.80. The van der Waals surface area contributed by atoms with Crippen molar-refractivity contribution >= 4 is 17.7 Å². The summed E-state index contributed by atoms with van der Waals surface area (Å²) in [6.07, 6.45) is 5.40. The topological polar surface area (TPSA) is 25.8 Å². The smallest absolute Gasteiger partial charge is 0.222 e. The van der Waals surface area contributed by atoms with Gasteiger partial charge in [0, 0.05) is 6.20 Å². The van der Waals surface area contributed by atoms with Gasteiger partial charge in [0.2, 0.25) is 5.28 Å². The fourth-order valence-electron chi connectivity index (χ4n) is 0.611. The largest absolute Gasteiger partial charge is 0.226 e. The quantitative estimate of drug-likeness (QED) is 0.580. The highest BCUT2D eigenvalue weighted by Gasteiger charge is 1.89. The summed E-state index contributed by atoms with van der Waals surface area (Å²) in [7, 11) is 0. The minimum Gasteiger partial charge on any atom is -0.226 e. The summed E-state index contributed by atoms with van der Waals surface area (Å²) >= 11 is 5.52. The molecule has 52 valence electrons. The van der Waals surface area contributed by atoms with Crippen molar-refractivity contribution in [1.82, 2.24) is 9.97 Å². The van der Waals surface area contributed by atoms with Crippen molar-refractivity contribution in [2.24, 2.45) is 0 Å². The van der Waals surface area contributed by atoms with Crippen LogP contribution in [0.5, 0.6) is 0 Å². The fourth-order valence-corrected chi connectivity index (χ4v) is 0.765. The van der Waals surface area contributed by atoms with Gasteiger partial charge in [-0.05, 0) is 30.7 Å². The lowest BCUT2D eigenvalue weighted by Gasteiger charge is -1.89. The van der Waals surface area contributed by atoms with Crippen molar-refractivity contribution in [1.29, 1.82) is 0 Å². The van der Waals surface area contributed by atoms with Crippen LogP contribution in [0.2, 0.25) is 5.28 Å². The second-order valence-corrected chi connectivity index (χ2v) is 2.09. The Morgan fingerprint density at radius 3 is 3.00 bits per heavy atom. The number of halogens is 1. The van der Waals surface area contributed by atoms with Gasteiger partial charge in [0.1, 0.15) is 0 Å². The second-order valence-electron chi connectivity index (χ2n) is 1.75. The van der Waals surface area contributed by atoms with E-state index >= 15 is 0 Å². The van der Waals surface area contributed by atoms with Gasteiger partial charge in [-0.2, -0.15) is 0 Å². The third kappa shape index (κ3) is 1.81. The summed E-state index contributed by atoms with van der Waals surface area (Å²) in [5.41, 5.74) is 0.836. The molecule has 0 aromatic carbocycles. The summed E-state index contributed by atoms with van der Waals surface area (Å²) in [5.74, 6) is 0. The van der Waals surface area contributed by atoms with Crippen LogP contribution in [-0.4, -0.2) is 9.97 Å². The summed E-state index contributed by atoms with van der Waals surface area (Å²) in [6.45, 7) is 1.93.